The topological polar surface area (TPSA) is 17.1 Å². The Morgan fingerprint density at radius 3 is 1.57 bits per heavy atom. The maximum Gasteiger partial charge on any atom is 0.152 e. The Kier molecular flexibility index (Phi) is 1.67. The van der Waals surface area contributed by atoms with Gasteiger partial charge in [-0.2, -0.15) is 0 Å². The third-order valence-corrected chi connectivity index (χ3v) is 3.41. The summed E-state index contributed by atoms with van der Waals surface area (Å²) >= 11 is 0. The van der Waals surface area contributed by atoms with Crippen LogP contribution in [0.5, 0.6) is 0 Å². The highest BCUT2D eigenvalue weighted by molar-refractivity contribution is 6.02. The van der Waals surface area contributed by atoms with Crippen LogP contribution in [-0.2, 0) is 15.6 Å². The molecule has 0 unspecified atom stereocenters. The zero-order valence-electron chi connectivity index (χ0n) is 9.22. The third kappa shape index (κ3) is 0.927. The molecule has 0 heterocycles. The van der Waals surface area contributed by atoms with Gasteiger partial charge in [0.05, 0.1) is 0 Å². The number of Topliss-reactive ketones (excluding diaryl/α,β-unsaturated/α-hetero) is 1. The van der Waals surface area contributed by atoms with Gasteiger partial charge < -0.3 is 0 Å². The Balaban J connectivity index is 2.76. The van der Waals surface area contributed by atoms with Crippen molar-refractivity contribution in [2.75, 3.05) is 0 Å². The maximum atomic E-state index is 12.2. The van der Waals surface area contributed by atoms with Crippen molar-refractivity contribution in [2.24, 2.45) is 0 Å². The number of hydrogen-bond donors (Lipinski definition) is 0. The predicted molar refractivity (Wildman–Crippen MR) is 57.5 cm³/mol. The summed E-state index contributed by atoms with van der Waals surface area (Å²) in [6.07, 6.45) is 0. The van der Waals surface area contributed by atoms with Gasteiger partial charge in [-0.1, -0.05) is 24.3 Å². The van der Waals surface area contributed by atoms with Crippen molar-refractivity contribution >= 4 is 5.78 Å². The summed E-state index contributed by atoms with van der Waals surface area (Å²) in [5.74, 6) is 0.325. The lowest BCUT2D eigenvalue weighted by molar-refractivity contribution is -0.126. The standard InChI is InChI=1S/C13H16O/c1-12(2)9-7-5-6-8-10(9)13(3,4)11(12)14/h5-8H,1-4H3. The molecule has 1 aliphatic rings. The van der Waals surface area contributed by atoms with Crippen molar-refractivity contribution < 1.29 is 4.79 Å². The van der Waals surface area contributed by atoms with E-state index >= 15 is 0 Å². The van der Waals surface area contributed by atoms with E-state index in [-0.39, 0.29) is 10.8 Å². The van der Waals surface area contributed by atoms with Crippen molar-refractivity contribution in [1.82, 2.24) is 0 Å². The first kappa shape index (κ1) is 9.45. The molecule has 1 heteroatoms. The van der Waals surface area contributed by atoms with Crippen molar-refractivity contribution in [1.29, 1.82) is 0 Å². The second kappa shape index (κ2) is 2.47. The first-order valence-corrected chi connectivity index (χ1v) is 5.03. The number of benzene rings is 1. The number of carbonyl (C=O) groups excluding carboxylic acids is 1. The van der Waals surface area contributed by atoms with Crippen molar-refractivity contribution in [3.8, 4) is 0 Å². The molecule has 0 aromatic heterocycles. The lowest BCUT2D eigenvalue weighted by Crippen LogP contribution is -2.33. The molecule has 1 aliphatic carbocycles. The molecule has 1 aromatic carbocycles. The van der Waals surface area contributed by atoms with Crippen LogP contribution in [0.4, 0.5) is 0 Å². The van der Waals surface area contributed by atoms with Gasteiger partial charge in [0.15, 0.2) is 5.78 Å². The van der Waals surface area contributed by atoms with Gasteiger partial charge in [-0.05, 0) is 38.8 Å². The van der Waals surface area contributed by atoms with Crippen molar-refractivity contribution in [3.05, 3.63) is 35.4 Å². The highest BCUT2D eigenvalue weighted by Crippen LogP contribution is 2.45. The predicted octanol–water partition coefficient (Wildman–Crippen LogP) is 2.82. The van der Waals surface area contributed by atoms with E-state index in [0.29, 0.717) is 5.78 Å². The number of carbonyl (C=O) groups is 1. The Bertz CT molecular complexity index is 362. The fourth-order valence-corrected chi connectivity index (χ4v) is 2.60. The second-order valence-corrected chi connectivity index (χ2v) is 5.12. The zero-order valence-corrected chi connectivity index (χ0v) is 9.22. The fraction of sp³-hybridized carbons (Fsp3) is 0.462. The van der Waals surface area contributed by atoms with Gasteiger partial charge in [-0.15, -0.1) is 0 Å². The molecule has 0 fully saturated rings. The number of fused-ring (bicyclic) bond motifs is 1. The number of hydrogen-bond acceptors (Lipinski definition) is 1. The summed E-state index contributed by atoms with van der Waals surface area (Å²) < 4.78 is 0. The monoisotopic (exact) mass is 188 g/mol. The Morgan fingerprint density at radius 1 is 0.857 bits per heavy atom. The Hall–Kier alpha value is -1.11. The molecule has 2 rings (SSSR count). The summed E-state index contributed by atoms with van der Waals surface area (Å²) in [5, 5.41) is 0. The second-order valence-electron chi connectivity index (χ2n) is 5.12. The normalized spacial score (nSPS) is 22.1. The quantitative estimate of drug-likeness (QED) is 0.612. The molecule has 0 spiro atoms. The molecule has 1 aromatic rings. The van der Waals surface area contributed by atoms with Gasteiger partial charge in [-0.3, -0.25) is 4.79 Å². The van der Waals surface area contributed by atoms with Gasteiger partial charge in [0, 0.05) is 10.8 Å². The van der Waals surface area contributed by atoms with Gasteiger partial charge in [-0.25, -0.2) is 0 Å². The summed E-state index contributed by atoms with van der Waals surface area (Å²) in [7, 11) is 0. The van der Waals surface area contributed by atoms with Crippen LogP contribution in [0.25, 0.3) is 0 Å². The van der Waals surface area contributed by atoms with Gasteiger partial charge >= 0.3 is 0 Å². The van der Waals surface area contributed by atoms with Crippen LogP contribution in [0.1, 0.15) is 38.8 Å². The van der Waals surface area contributed by atoms with Gasteiger partial charge in [0.1, 0.15) is 0 Å². The minimum absolute atomic E-state index is 0.319. The molecule has 0 saturated heterocycles. The van der Waals surface area contributed by atoms with E-state index in [4.69, 9.17) is 0 Å². The van der Waals surface area contributed by atoms with Crippen LogP contribution in [0.2, 0.25) is 0 Å². The minimum Gasteiger partial charge on any atom is -0.298 e. The molecule has 0 amide bonds. The van der Waals surface area contributed by atoms with E-state index in [2.05, 4.69) is 12.1 Å². The molecule has 0 aliphatic heterocycles. The molecular weight excluding hydrogens is 172 g/mol. The smallest absolute Gasteiger partial charge is 0.152 e. The van der Waals surface area contributed by atoms with E-state index in [1.54, 1.807) is 0 Å². The Morgan fingerprint density at radius 2 is 1.21 bits per heavy atom. The SMILES string of the molecule is CC1(C)C(=O)C(C)(C)c2ccccc21. The lowest BCUT2D eigenvalue weighted by Gasteiger charge is -2.21. The molecule has 14 heavy (non-hydrogen) atoms. The van der Waals surface area contributed by atoms with Crippen LogP contribution in [0.15, 0.2) is 24.3 Å². The van der Waals surface area contributed by atoms with Gasteiger partial charge in [0.25, 0.3) is 0 Å². The molecule has 0 N–H and O–H groups in total. The van der Waals surface area contributed by atoms with Crippen LogP contribution in [0, 0.1) is 0 Å². The molecule has 0 radical (unpaired) electrons. The summed E-state index contributed by atoms with van der Waals surface area (Å²) in [6.45, 7) is 8.07. The molecule has 0 bridgehead atoms. The van der Waals surface area contributed by atoms with E-state index < -0.39 is 0 Å². The lowest BCUT2D eigenvalue weighted by atomic mass is 9.80. The first-order valence-electron chi connectivity index (χ1n) is 5.03. The van der Waals surface area contributed by atoms with Crippen LogP contribution in [-0.4, -0.2) is 5.78 Å². The highest BCUT2D eigenvalue weighted by atomic mass is 16.1. The van der Waals surface area contributed by atoms with Crippen molar-refractivity contribution in [2.45, 2.75) is 38.5 Å². The molecular formula is C13H16O. The van der Waals surface area contributed by atoms with Crippen LogP contribution < -0.4 is 0 Å². The number of ketones is 1. The van der Waals surface area contributed by atoms with Gasteiger partial charge in [0.2, 0.25) is 0 Å². The highest BCUT2D eigenvalue weighted by Gasteiger charge is 2.49. The van der Waals surface area contributed by atoms with E-state index in [1.807, 2.05) is 39.8 Å². The summed E-state index contributed by atoms with van der Waals surface area (Å²) in [4.78, 5) is 12.2. The zero-order chi connectivity index (χ0) is 10.6. The van der Waals surface area contributed by atoms with E-state index in [9.17, 15) is 4.79 Å². The maximum absolute atomic E-state index is 12.2. The molecule has 1 nitrogen and oxygen atoms in total. The largest absolute Gasteiger partial charge is 0.298 e. The average Bonchev–Trinajstić information content (AvgIpc) is 2.28. The van der Waals surface area contributed by atoms with Crippen LogP contribution >= 0.6 is 0 Å². The van der Waals surface area contributed by atoms with E-state index in [1.165, 1.54) is 11.1 Å². The van der Waals surface area contributed by atoms with E-state index in [0.717, 1.165) is 0 Å². The summed E-state index contributed by atoms with van der Waals surface area (Å²) in [6, 6.07) is 8.16. The first-order chi connectivity index (χ1) is 6.38. The number of rotatable bonds is 0. The average molecular weight is 188 g/mol. The Labute approximate surface area is 85.1 Å². The minimum atomic E-state index is -0.319. The van der Waals surface area contributed by atoms with Crippen LogP contribution in [0.3, 0.4) is 0 Å². The third-order valence-electron chi connectivity index (χ3n) is 3.41. The molecule has 0 saturated carbocycles. The molecule has 0 atom stereocenters. The summed E-state index contributed by atoms with van der Waals surface area (Å²) in [5.41, 5.74) is 1.74. The fourth-order valence-electron chi connectivity index (χ4n) is 2.60. The van der Waals surface area contributed by atoms with Crippen molar-refractivity contribution in [3.63, 3.8) is 0 Å². The molecule has 74 valence electrons.